The predicted octanol–water partition coefficient (Wildman–Crippen LogP) is 3.14. The largest absolute Gasteiger partial charge is 0.312 e. The Morgan fingerprint density at radius 3 is 2.76 bits per heavy atom. The standard InChI is InChI=1S/C18H21F2N5/c1-13-16(12-21-7-3-9-24-10-4-8-22-24)14(2)25(23-13)18-6-5-15(19)11-17(18)20/h4-6,8,10-11,21H,3,7,9,12H2,1-2H3. The Morgan fingerprint density at radius 2 is 2.04 bits per heavy atom. The second kappa shape index (κ2) is 7.57. The van der Waals surface area contributed by atoms with Crippen LogP contribution in [-0.4, -0.2) is 26.1 Å². The molecule has 0 atom stereocenters. The quantitative estimate of drug-likeness (QED) is 0.669. The van der Waals surface area contributed by atoms with Crippen molar-refractivity contribution in [2.45, 2.75) is 33.4 Å². The van der Waals surface area contributed by atoms with Gasteiger partial charge in [-0.3, -0.25) is 4.68 Å². The van der Waals surface area contributed by atoms with E-state index in [4.69, 9.17) is 0 Å². The summed E-state index contributed by atoms with van der Waals surface area (Å²) < 4.78 is 30.6. The van der Waals surface area contributed by atoms with E-state index in [0.29, 0.717) is 6.54 Å². The van der Waals surface area contributed by atoms with Gasteiger partial charge in [0.15, 0.2) is 5.82 Å². The van der Waals surface area contributed by atoms with E-state index in [2.05, 4.69) is 15.5 Å². The van der Waals surface area contributed by atoms with Gasteiger partial charge in [0.05, 0.1) is 5.69 Å². The Morgan fingerprint density at radius 1 is 1.20 bits per heavy atom. The van der Waals surface area contributed by atoms with Gasteiger partial charge in [-0.25, -0.2) is 13.5 Å². The van der Waals surface area contributed by atoms with Crippen molar-refractivity contribution in [3.05, 3.63) is 65.2 Å². The highest BCUT2D eigenvalue weighted by molar-refractivity contribution is 5.38. The lowest BCUT2D eigenvalue weighted by atomic mass is 10.2. The van der Waals surface area contributed by atoms with Crippen molar-refractivity contribution < 1.29 is 8.78 Å². The molecule has 0 amide bonds. The third-order valence-electron chi connectivity index (χ3n) is 4.18. The first kappa shape index (κ1) is 17.3. The highest BCUT2D eigenvalue weighted by Gasteiger charge is 2.15. The molecular formula is C18H21F2N5. The minimum atomic E-state index is -0.621. The summed E-state index contributed by atoms with van der Waals surface area (Å²) in [5, 5.41) is 12.0. The van der Waals surface area contributed by atoms with Crippen LogP contribution in [-0.2, 0) is 13.1 Å². The summed E-state index contributed by atoms with van der Waals surface area (Å²) in [5.41, 5.74) is 2.97. The Balaban J connectivity index is 1.63. The predicted molar refractivity (Wildman–Crippen MR) is 91.5 cm³/mol. The van der Waals surface area contributed by atoms with Crippen LogP contribution in [0.4, 0.5) is 8.78 Å². The molecule has 25 heavy (non-hydrogen) atoms. The van der Waals surface area contributed by atoms with Gasteiger partial charge in [-0.05, 0) is 45.0 Å². The van der Waals surface area contributed by atoms with E-state index in [1.165, 1.54) is 16.8 Å². The molecule has 7 heteroatoms. The molecule has 132 valence electrons. The first-order chi connectivity index (χ1) is 12.1. The van der Waals surface area contributed by atoms with Crippen molar-refractivity contribution in [2.24, 2.45) is 0 Å². The fourth-order valence-corrected chi connectivity index (χ4v) is 2.83. The highest BCUT2D eigenvalue weighted by Crippen LogP contribution is 2.20. The normalized spacial score (nSPS) is 11.2. The van der Waals surface area contributed by atoms with Crippen LogP contribution < -0.4 is 5.32 Å². The van der Waals surface area contributed by atoms with Gasteiger partial charge in [-0.2, -0.15) is 10.2 Å². The number of nitrogens with zero attached hydrogens (tertiary/aromatic N) is 4. The smallest absolute Gasteiger partial charge is 0.151 e. The first-order valence-electron chi connectivity index (χ1n) is 8.25. The van der Waals surface area contributed by atoms with Gasteiger partial charge in [0.25, 0.3) is 0 Å². The Labute approximate surface area is 145 Å². The number of aryl methyl sites for hydroxylation is 2. The third-order valence-corrected chi connectivity index (χ3v) is 4.18. The highest BCUT2D eigenvalue weighted by atomic mass is 19.1. The van der Waals surface area contributed by atoms with E-state index < -0.39 is 11.6 Å². The molecule has 0 saturated carbocycles. The van der Waals surface area contributed by atoms with Gasteiger partial charge >= 0.3 is 0 Å². The minimum absolute atomic E-state index is 0.256. The lowest BCUT2D eigenvalue weighted by molar-refractivity contribution is 0.542. The molecule has 0 radical (unpaired) electrons. The Kier molecular flexibility index (Phi) is 5.23. The summed E-state index contributed by atoms with van der Waals surface area (Å²) in [6, 6.07) is 5.43. The average Bonchev–Trinajstić information content (AvgIpc) is 3.17. The molecular weight excluding hydrogens is 324 g/mol. The van der Waals surface area contributed by atoms with E-state index >= 15 is 0 Å². The van der Waals surface area contributed by atoms with Gasteiger partial charge < -0.3 is 5.32 Å². The lowest BCUT2D eigenvalue weighted by Gasteiger charge is -2.08. The summed E-state index contributed by atoms with van der Waals surface area (Å²) in [6.07, 6.45) is 4.67. The SMILES string of the molecule is Cc1nn(-c2ccc(F)cc2F)c(C)c1CNCCCn1cccn1. The van der Waals surface area contributed by atoms with Crippen molar-refractivity contribution in [3.8, 4) is 5.69 Å². The van der Waals surface area contributed by atoms with Gasteiger partial charge in [0.2, 0.25) is 0 Å². The van der Waals surface area contributed by atoms with Crippen molar-refractivity contribution >= 4 is 0 Å². The second-order valence-electron chi connectivity index (χ2n) is 5.96. The van der Waals surface area contributed by atoms with Crippen molar-refractivity contribution in [2.75, 3.05) is 6.54 Å². The zero-order valence-electron chi connectivity index (χ0n) is 14.3. The third kappa shape index (κ3) is 3.93. The summed E-state index contributed by atoms with van der Waals surface area (Å²) >= 11 is 0. The van der Waals surface area contributed by atoms with Crippen LogP contribution in [0.15, 0.2) is 36.7 Å². The summed E-state index contributed by atoms with van der Waals surface area (Å²) in [6.45, 7) is 6.14. The van der Waals surface area contributed by atoms with Crippen molar-refractivity contribution in [1.29, 1.82) is 0 Å². The number of aromatic nitrogens is 4. The van der Waals surface area contributed by atoms with Crippen LogP contribution in [0.25, 0.3) is 5.69 Å². The molecule has 0 bridgehead atoms. The zero-order chi connectivity index (χ0) is 17.8. The molecule has 3 aromatic rings. The van der Waals surface area contributed by atoms with Gasteiger partial charge in [0, 0.05) is 42.8 Å². The monoisotopic (exact) mass is 345 g/mol. The van der Waals surface area contributed by atoms with Gasteiger partial charge in [-0.1, -0.05) is 0 Å². The number of hydrogen-bond acceptors (Lipinski definition) is 3. The molecule has 0 unspecified atom stereocenters. The van der Waals surface area contributed by atoms with Crippen LogP contribution in [0, 0.1) is 25.5 Å². The van der Waals surface area contributed by atoms with E-state index in [0.717, 1.165) is 42.5 Å². The van der Waals surface area contributed by atoms with Gasteiger partial charge in [0.1, 0.15) is 11.5 Å². The van der Waals surface area contributed by atoms with Gasteiger partial charge in [-0.15, -0.1) is 0 Å². The average molecular weight is 345 g/mol. The van der Waals surface area contributed by atoms with E-state index in [1.807, 2.05) is 30.8 Å². The zero-order valence-corrected chi connectivity index (χ0v) is 14.3. The summed E-state index contributed by atoms with van der Waals surface area (Å²) in [5.74, 6) is -1.22. The lowest BCUT2D eigenvalue weighted by Crippen LogP contribution is -2.17. The van der Waals surface area contributed by atoms with Crippen LogP contribution in [0.2, 0.25) is 0 Å². The van der Waals surface area contributed by atoms with Crippen molar-refractivity contribution in [3.63, 3.8) is 0 Å². The molecule has 5 nitrogen and oxygen atoms in total. The first-order valence-corrected chi connectivity index (χ1v) is 8.25. The summed E-state index contributed by atoms with van der Waals surface area (Å²) in [4.78, 5) is 0. The number of hydrogen-bond donors (Lipinski definition) is 1. The van der Waals surface area contributed by atoms with Crippen LogP contribution in [0.1, 0.15) is 23.4 Å². The second-order valence-corrected chi connectivity index (χ2v) is 5.96. The topological polar surface area (TPSA) is 47.7 Å². The van der Waals surface area contributed by atoms with Crippen LogP contribution >= 0.6 is 0 Å². The molecule has 0 aliphatic carbocycles. The maximum Gasteiger partial charge on any atom is 0.151 e. The molecule has 1 N–H and O–H groups in total. The molecule has 0 saturated heterocycles. The molecule has 0 aliphatic rings. The Bertz CT molecular complexity index is 840. The molecule has 2 aromatic heterocycles. The fourth-order valence-electron chi connectivity index (χ4n) is 2.83. The molecule has 0 spiro atoms. The van der Waals surface area contributed by atoms with Crippen LogP contribution in [0.5, 0.6) is 0 Å². The minimum Gasteiger partial charge on any atom is -0.312 e. The molecule has 2 heterocycles. The van der Waals surface area contributed by atoms with E-state index in [-0.39, 0.29) is 5.69 Å². The van der Waals surface area contributed by atoms with Crippen molar-refractivity contribution in [1.82, 2.24) is 24.9 Å². The fraction of sp³-hybridized carbons (Fsp3) is 0.333. The number of rotatable bonds is 7. The number of halogens is 2. The summed E-state index contributed by atoms with van der Waals surface area (Å²) in [7, 11) is 0. The molecule has 0 aliphatic heterocycles. The van der Waals surface area contributed by atoms with E-state index in [9.17, 15) is 8.78 Å². The maximum absolute atomic E-state index is 14.0. The molecule has 3 rings (SSSR count). The maximum atomic E-state index is 14.0. The number of benzene rings is 1. The number of nitrogens with one attached hydrogen (secondary N) is 1. The van der Waals surface area contributed by atoms with E-state index in [1.54, 1.807) is 6.20 Å². The Hall–Kier alpha value is -2.54. The molecule has 0 fully saturated rings. The molecule has 1 aromatic carbocycles. The van der Waals surface area contributed by atoms with Crippen LogP contribution in [0.3, 0.4) is 0 Å².